The molecule has 9 aromatic carbocycles. The zero-order valence-electron chi connectivity index (χ0n) is 37.1. The number of benzene rings is 9. The van der Waals surface area contributed by atoms with Crippen LogP contribution in [0.5, 0.6) is 0 Å². The standard InChI is InChI=1S/C64H44N4/c65-63(49-23-11-4-12-24-49)62(48-21-9-3-10-22-48)64-56-39-50(33-34-51(56)40-59(67-64)46-19-7-2-8-20-46)43-29-31-44(32-30-43)52-41-57(45-17-5-1-6-18-45)66-58(42-52)47-35-37-53(38-36-47)68-60-27-15-13-25-54(60)55-26-14-16-28-61(55)68/h1-42,65,67H/b64-62-,65-63?. The lowest BCUT2D eigenvalue weighted by Gasteiger charge is -2.27. The molecule has 0 unspecified atom stereocenters. The topological polar surface area (TPSA) is 53.7 Å². The minimum absolute atomic E-state index is 0.458. The molecule has 320 valence electrons. The predicted molar refractivity (Wildman–Crippen MR) is 284 cm³/mol. The van der Waals surface area contributed by atoms with Crippen LogP contribution in [0.15, 0.2) is 249 Å². The van der Waals surface area contributed by atoms with Crippen LogP contribution < -0.4 is 5.32 Å². The summed E-state index contributed by atoms with van der Waals surface area (Å²) in [5.74, 6) is 0. The zero-order chi connectivity index (χ0) is 45.4. The highest BCUT2D eigenvalue weighted by molar-refractivity contribution is 6.36. The van der Waals surface area contributed by atoms with Gasteiger partial charge in [0.2, 0.25) is 0 Å². The second kappa shape index (κ2) is 17.4. The molecule has 4 heteroatoms. The molecular weight excluding hydrogens is 825 g/mol. The molecule has 0 amide bonds. The van der Waals surface area contributed by atoms with Gasteiger partial charge in [-0.15, -0.1) is 0 Å². The Morgan fingerprint density at radius 1 is 0.397 bits per heavy atom. The van der Waals surface area contributed by atoms with Crippen LogP contribution in [0.25, 0.3) is 95.3 Å². The monoisotopic (exact) mass is 868 g/mol. The average Bonchev–Trinajstić information content (AvgIpc) is 3.76. The fourth-order valence-corrected chi connectivity index (χ4v) is 9.65. The van der Waals surface area contributed by atoms with E-state index in [1.54, 1.807) is 0 Å². The number of allylic oxidation sites excluding steroid dienone is 1. The van der Waals surface area contributed by atoms with Crippen molar-refractivity contribution in [2.24, 2.45) is 0 Å². The summed E-state index contributed by atoms with van der Waals surface area (Å²) in [7, 11) is 0. The van der Waals surface area contributed by atoms with Gasteiger partial charge in [0.05, 0.1) is 33.8 Å². The van der Waals surface area contributed by atoms with Crippen LogP contribution in [-0.4, -0.2) is 15.3 Å². The highest BCUT2D eigenvalue weighted by Gasteiger charge is 2.24. The minimum atomic E-state index is 0.458. The molecule has 1 aliphatic heterocycles. The second-order valence-corrected chi connectivity index (χ2v) is 17.2. The van der Waals surface area contributed by atoms with E-state index in [0.29, 0.717) is 5.71 Å². The van der Waals surface area contributed by atoms with E-state index >= 15 is 0 Å². The van der Waals surface area contributed by atoms with Gasteiger partial charge in [-0.2, -0.15) is 0 Å². The van der Waals surface area contributed by atoms with Gasteiger partial charge in [0.1, 0.15) is 0 Å². The number of fused-ring (bicyclic) bond motifs is 4. The highest BCUT2D eigenvalue weighted by atomic mass is 15.0. The van der Waals surface area contributed by atoms with Crippen LogP contribution in [0.1, 0.15) is 27.8 Å². The summed E-state index contributed by atoms with van der Waals surface area (Å²) >= 11 is 0. The maximum Gasteiger partial charge on any atom is 0.0715 e. The molecule has 1 aliphatic rings. The van der Waals surface area contributed by atoms with Crippen molar-refractivity contribution in [3.8, 4) is 50.5 Å². The molecule has 0 aliphatic carbocycles. The van der Waals surface area contributed by atoms with Crippen molar-refractivity contribution in [2.75, 3.05) is 0 Å². The highest BCUT2D eigenvalue weighted by Crippen LogP contribution is 2.40. The summed E-state index contributed by atoms with van der Waals surface area (Å²) in [5, 5.41) is 16.0. The number of hydrogen-bond acceptors (Lipinski definition) is 3. The third-order valence-corrected chi connectivity index (χ3v) is 13.0. The summed E-state index contributed by atoms with van der Waals surface area (Å²) in [6, 6.07) is 87.2. The molecule has 11 aromatic rings. The Kier molecular flexibility index (Phi) is 10.3. The Balaban J connectivity index is 0.935. The molecule has 0 spiro atoms. The molecule has 3 heterocycles. The third-order valence-electron chi connectivity index (χ3n) is 13.0. The van der Waals surface area contributed by atoms with Gasteiger partial charge in [-0.1, -0.05) is 206 Å². The van der Waals surface area contributed by atoms with Crippen molar-refractivity contribution < 1.29 is 0 Å². The summed E-state index contributed by atoms with van der Waals surface area (Å²) in [6.45, 7) is 0. The van der Waals surface area contributed by atoms with E-state index in [-0.39, 0.29) is 0 Å². The number of rotatable bonds is 9. The first-order valence-electron chi connectivity index (χ1n) is 23.0. The number of pyridine rings is 1. The maximum absolute atomic E-state index is 9.70. The summed E-state index contributed by atoms with van der Waals surface area (Å²) < 4.78 is 2.35. The fourth-order valence-electron chi connectivity index (χ4n) is 9.65. The van der Waals surface area contributed by atoms with Gasteiger partial charge in [0.15, 0.2) is 0 Å². The number of nitrogens with zero attached hydrogens (tertiary/aromatic N) is 2. The van der Waals surface area contributed by atoms with Gasteiger partial charge in [-0.05, 0) is 87.5 Å². The van der Waals surface area contributed by atoms with Crippen molar-refractivity contribution in [3.63, 3.8) is 0 Å². The van der Waals surface area contributed by atoms with Crippen molar-refractivity contribution in [1.82, 2.24) is 14.9 Å². The van der Waals surface area contributed by atoms with Crippen LogP contribution in [0.2, 0.25) is 0 Å². The molecule has 0 atom stereocenters. The molecule has 0 radical (unpaired) electrons. The van der Waals surface area contributed by atoms with Crippen molar-refractivity contribution in [3.05, 3.63) is 277 Å². The van der Waals surface area contributed by atoms with Crippen LogP contribution >= 0.6 is 0 Å². The van der Waals surface area contributed by atoms with Crippen LogP contribution in [0.3, 0.4) is 0 Å². The lowest BCUT2D eigenvalue weighted by Crippen LogP contribution is -2.20. The van der Waals surface area contributed by atoms with Gasteiger partial charge >= 0.3 is 0 Å². The van der Waals surface area contributed by atoms with Gasteiger partial charge in [-0.3, -0.25) is 5.41 Å². The Hall–Kier alpha value is -9.12. The van der Waals surface area contributed by atoms with E-state index in [2.05, 4.69) is 204 Å². The Labute approximate surface area is 396 Å². The SMILES string of the molecule is N=C(/C(=C1\NC(c2ccccc2)=Cc2ccc(-c3ccc(-c4cc(-c5ccccc5)nc(-c5ccc(-n6c7ccccc7c7ccccc76)cc5)c4)cc3)cc21)c1ccccc1)c1ccccc1. The van der Waals surface area contributed by atoms with Crippen molar-refractivity contribution in [1.29, 1.82) is 5.41 Å². The Morgan fingerprint density at radius 3 is 1.47 bits per heavy atom. The lowest BCUT2D eigenvalue weighted by molar-refractivity contribution is 1.18. The summed E-state index contributed by atoms with van der Waals surface area (Å²) in [6.07, 6.45) is 2.22. The van der Waals surface area contributed by atoms with Crippen LogP contribution in [0, 0.1) is 5.41 Å². The van der Waals surface area contributed by atoms with E-state index in [4.69, 9.17) is 4.98 Å². The molecule has 68 heavy (non-hydrogen) atoms. The van der Waals surface area contributed by atoms with E-state index < -0.39 is 0 Å². The van der Waals surface area contributed by atoms with Gasteiger partial charge in [0.25, 0.3) is 0 Å². The first-order chi connectivity index (χ1) is 33.6. The molecular formula is C64H44N4. The fraction of sp³-hybridized carbons (Fsp3) is 0. The number of aromatic nitrogens is 2. The molecule has 4 nitrogen and oxygen atoms in total. The maximum atomic E-state index is 9.70. The second-order valence-electron chi connectivity index (χ2n) is 17.2. The van der Waals surface area contributed by atoms with Gasteiger partial charge in [0, 0.05) is 50.0 Å². The van der Waals surface area contributed by atoms with Crippen LogP contribution in [-0.2, 0) is 0 Å². The first kappa shape index (κ1) is 40.4. The molecule has 0 fully saturated rings. The quantitative estimate of drug-likeness (QED) is 0.142. The smallest absolute Gasteiger partial charge is 0.0715 e. The molecule has 2 N–H and O–H groups in total. The number of hydrogen-bond donors (Lipinski definition) is 2. The molecule has 0 saturated heterocycles. The van der Waals surface area contributed by atoms with E-state index in [9.17, 15) is 5.41 Å². The summed E-state index contributed by atoms with van der Waals surface area (Å²) in [4.78, 5) is 5.26. The Bertz CT molecular complexity index is 3670. The number of nitrogens with one attached hydrogen (secondary N) is 2. The lowest BCUT2D eigenvalue weighted by atomic mass is 9.86. The van der Waals surface area contributed by atoms with Crippen molar-refractivity contribution in [2.45, 2.75) is 0 Å². The molecule has 12 rings (SSSR count). The first-order valence-corrected chi connectivity index (χ1v) is 23.0. The molecule has 0 saturated carbocycles. The minimum Gasteiger partial charge on any atom is -0.354 e. The molecule has 0 bridgehead atoms. The van der Waals surface area contributed by atoms with E-state index in [1.165, 1.54) is 21.8 Å². The zero-order valence-corrected chi connectivity index (χ0v) is 37.1. The molecule has 2 aromatic heterocycles. The largest absolute Gasteiger partial charge is 0.354 e. The van der Waals surface area contributed by atoms with Gasteiger partial charge < -0.3 is 9.88 Å². The third kappa shape index (κ3) is 7.50. The summed E-state index contributed by atoms with van der Waals surface area (Å²) in [5.41, 5.74) is 20.1. The van der Waals surface area contributed by atoms with Crippen LogP contribution in [0.4, 0.5) is 0 Å². The van der Waals surface area contributed by atoms with Crippen molar-refractivity contribution >= 4 is 50.6 Å². The van der Waals surface area contributed by atoms with E-state index in [1.807, 2.05) is 60.7 Å². The number of para-hydroxylation sites is 2. The predicted octanol–water partition coefficient (Wildman–Crippen LogP) is 15.9. The van der Waals surface area contributed by atoms with Gasteiger partial charge in [-0.25, -0.2) is 4.98 Å². The Morgan fingerprint density at radius 2 is 0.868 bits per heavy atom. The average molecular weight is 869 g/mol. The van der Waals surface area contributed by atoms with E-state index in [0.717, 1.165) is 95.2 Å². The normalized spacial score (nSPS) is 12.9.